The second-order valence-electron chi connectivity index (χ2n) is 6.31. The summed E-state index contributed by atoms with van der Waals surface area (Å²) in [6.45, 7) is 2.18. The lowest BCUT2D eigenvalue weighted by Gasteiger charge is -2.12. The summed E-state index contributed by atoms with van der Waals surface area (Å²) in [4.78, 5) is 29.0. The Morgan fingerprint density at radius 2 is 2.07 bits per heavy atom. The van der Waals surface area contributed by atoms with E-state index in [1.54, 1.807) is 13.1 Å². The Balaban J connectivity index is 1.67. The number of nitrogens with zero attached hydrogens (tertiary/aromatic N) is 3. The molecule has 7 heteroatoms. The maximum absolute atomic E-state index is 12.5. The van der Waals surface area contributed by atoms with Crippen LogP contribution in [-0.2, 0) is 17.7 Å². The van der Waals surface area contributed by atoms with E-state index < -0.39 is 5.97 Å². The van der Waals surface area contributed by atoms with Gasteiger partial charge in [-0.1, -0.05) is 30.3 Å². The minimum absolute atomic E-state index is 0.0193. The number of aromatic nitrogens is 3. The lowest BCUT2D eigenvalue weighted by Crippen LogP contribution is -2.17. The van der Waals surface area contributed by atoms with Crippen LogP contribution in [0.3, 0.4) is 0 Å². The molecule has 0 N–H and O–H groups in total. The van der Waals surface area contributed by atoms with Crippen molar-refractivity contribution < 1.29 is 18.7 Å². The summed E-state index contributed by atoms with van der Waals surface area (Å²) < 4.78 is 12.4. The van der Waals surface area contributed by atoms with Crippen LogP contribution in [0.4, 0.5) is 0 Å². The van der Waals surface area contributed by atoms with Crippen molar-refractivity contribution in [3.8, 4) is 11.3 Å². The van der Waals surface area contributed by atoms with Gasteiger partial charge in [-0.3, -0.25) is 9.48 Å². The van der Waals surface area contributed by atoms with Crippen molar-refractivity contribution in [2.24, 2.45) is 0 Å². The van der Waals surface area contributed by atoms with Crippen molar-refractivity contribution in [3.05, 3.63) is 59.4 Å². The molecule has 1 aliphatic rings. The first-order chi connectivity index (χ1) is 13.2. The number of ketones is 1. The van der Waals surface area contributed by atoms with Crippen LogP contribution >= 0.6 is 0 Å². The molecule has 0 bridgehead atoms. The maximum Gasteiger partial charge on any atom is 0.359 e. The molecule has 0 spiro atoms. The van der Waals surface area contributed by atoms with Gasteiger partial charge in [-0.05, 0) is 19.8 Å². The molecule has 0 fully saturated rings. The summed E-state index contributed by atoms with van der Waals surface area (Å²) >= 11 is 0. The largest absolute Gasteiger partial charge is 0.461 e. The first-order valence-electron chi connectivity index (χ1n) is 8.97. The SMILES string of the molecule is CCOC(=O)c1nn(Cc2ncc(-c3ccccc3)o2)c2c1CCCC2=O. The number of fused-ring (bicyclic) bond motifs is 1. The van der Waals surface area contributed by atoms with Crippen molar-refractivity contribution in [1.82, 2.24) is 14.8 Å². The minimum atomic E-state index is -0.500. The van der Waals surface area contributed by atoms with E-state index in [0.717, 1.165) is 5.56 Å². The van der Waals surface area contributed by atoms with Gasteiger partial charge in [0.05, 0.1) is 12.8 Å². The average Bonchev–Trinajstić information content (AvgIpc) is 3.29. The zero-order chi connectivity index (χ0) is 18.8. The number of carbonyl (C=O) groups excluding carboxylic acids is 2. The number of rotatable bonds is 5. The smallest absolute Gasteiger partial charge is 0.359 e. The molecule has 27 heavy (non-hydrogen) atoms. The molecule has 2 heterocycles. The zero-order valence-electron chi connectivity index (χ0n) is 15.0. The van der Waals surface area contributed by atoms with E-state index in [9.17, 15) is 9.59 Å². The van der Waals surface area contributed by atoms with Crippen molar-refractivity contribution in [2.75, 3.05) is 6.61 Å². The van der Waals surface area contributed by atoms with E-state index >= 15 is 0 Å². The van der Waals surface area contributed by atoms with Crippen molar-refractivity contribution in [2.45, 2.75) is 32.7 Å². The molecule has 3 aromatic rings. The molecular formula is C20H19N3O4. The Kier molecular flexibility index (Phi) is 4.58. The quantitative estimate of drug-likeness (QED) is 0.645. The molecule has 0 amide bonds. The first kappa shape index (κ1) is 17.2. The monoisotopic (exact) mass is 365 g/mol. The minimum Gasteiger partial charge on any atom is -0.461 e. The average molecular weight is 365 g/mol. The van der Waals surface area contributed by atoms with Crippen LogP contribution in [0.1, 0.15) is 52.2 Å². The van der Waals surface area contributed by atoms with Gasteiger partial charge in [0, 0.05) is 17.5 Å². The number of ether oxygens (including phenoxy) is 1. The third kappa shape index (κ3) is 3.28. The Labute approximate surface area is 156 Å². The van der Waals surface area contributed by atoms with E-state index in [1.807, 2.05) is 30.3 Å². The summed E-state index contributed by atoms with van der Waals surface area (Å²) in [6, 6.07) is 9.64. The molecule has 0 unspecified atom stereocenters. The summed E-state index contributed by atoms with van der Waals surface area (Å²) in [5.41, 5.74) is 2.26. The van der Waals surface area contributed by atoms with Crippen molar-refractivity contribution >= 4 is 11.8 Å². The fraction of sp³-hybridized carbons (Fsp3) is 0.300. The molecule has 0 aliphatic heterocycles. The molecule has 2 aromatic heterocycles. The van der Waals surface area contributed by atoms with Crippen LogP contribution in [-0.4, -0.2) is 33.1 Å². The molecule has 0 saturated heterocycles. The lowest BCUT2D eigenvalue weighted by molar-refractivity contribution is 0.0517. The fourth-order valence-corrected chi connectivity index (χ4v) is 3.32. The zero-order valence-corrected chi connectivity index (χ0v) is 15.0. The molecular weight excluding hydrogens is 346 g/mol. The van der Waals surface area contributed by atoms with Crippen molar-refractivity contribution in [3.63, 3.8) is 0 Å². The summed E-state index contributed by atoms with van der Waals surface area (Å²) in [5.74, 6) is 0.546. The van der Waals surface area contributed by atoms with Crippen LogP contribution in [0.25, 0.3) is 11.3 Å². The molecule has 0 saturated carbocycles. The third-order valence-corrected chi connectivity index (χ3v) is 4.51. The van der Waals surface area contributed by atoms with E-state index in [0.29, 0.717) is 42.2 Å². The van der Waals surface area contributed by atoms with Gasteiger partial charge in [-0.25, -0.2) is 9.78 Å². The standard InChI is InChI=1S/C20H19N3O4/c1-2-26-20(25)18-14-9-6-10-15(24)19(14)23(22-18)12-17-21-11-16(27-17)13-7-4-3-5-8-13/h3-5,7-8,11H,2,6,9-10,12H2,1H3. The number of oxazole rings is 1. The lowest BCUT2D eigenvalue weighted by atomic mass is 9.94. The van der Waals surface area contributed by atoms with E-state index in [1.165, 1.54) is 4.68 Å². The van der Waals surface area contributed by atoms with Gasteiger partial charge in [-0.2, -0.15) is 5.10 Å². The van der Waals surface area contributed by atoms with Gasteiger partial charge in [0.1, 0.15) is 12.2 Å². The van der Waals surface area contributed by atoms with Crippen molar-refractivity contribution in [1.29, 1.82) is 0 Å². The van der Waals surface area contributed by atoms with Crippen LogP contribution in [0.5, 0.6) is 0 Å². The molecule has 0 radical (unpaired) electrons. The molecule has 4 rings (SSSR count). The Morgan fingerprint density at radius 1 is 1.26 bits per heavy atom. The van der Waals surface area contributed by atoms with Crippen LogP contribution < -0.4 is 0 Å². The van der Waals surface area contributed by atoms with Crippen LogP contribution in [0, 0.1) is 0 Å². The van der Waals surface area contributed by atoms with E-state index in [2.05, 4.69) is 10.1 Å². The van der Waals surface area contributed by atoms with Gasteiger partial charge >= 0.3 is 5.97 Å². The first-order valence-corrected chi connectivity index (χ1v) is 8.97. The van der Waals surface area contributed by atoms with Crippen LogP contribution in [0.2, 0.25) is 0 Å². The van der Waals surface area contributed by atoms with E-state index in [-0.39, 0.29) is 24.6 Å². The molecule has 138 valence electrons. The third-order valence-electron chi connectivity index (χ3n) is 4.51. The number of Topliss-reactive ketones (excluding diaryl/α,β-unsaturated/α-hetero) is 1. The van der Waals surface area contributed by atoms with Gasteiger partial charge < -0.3 is 9.15 Å². The maximum atomic E-state index is 12.5. The number of esters is 1. The van der Waals surface area contributed by atoms with Gasteiger partial charge in [0.2, 0.25) is 5.89 Å². The summed E-state index contributed by atoms with van der Waals surface area (Å²) in [7, 11) is 0. The second-order valence-corrected chi connectivity index (χ2v) is 6.31. The Bertz CT molecular complexity index is 988. The number of hydrogen-bond donors (Lipinski definition) is 0. The highest BCUT2D eigenvalue weighted by atomic mass is 16.5. The second kappa shape index (κ2) is 7.19. The number of hydrogen-bond acceptors (Lipinski definition) is 6. The van der Waals surface area contributed by atoms with Crippen LogP contribution in [0.15, 0.2) is 40.9 Å². The molecule has 7 nitrogen and oxygen atoms in total. The fourth-order valence-electron chi connectivity index (χ4n) is 3.32. The summed E-state index contributed by atoms with van der Waals surface area (Å²) in [6.07, 6.45) is 3.44. The predicted molar refractivity (Wildman–Crippen MR) is 96.5 cm³/mol. The predicted octanol–water partition coefficient (Wildman–Crippen LogP) is 3.28. The van der Waals surface area contributed by atoms with Gasteiger partial charge in [0.15, 0.2) is 17.2 Å². The van der Waals surface area contributed by atoms with E-state index in [4.69, 9.17) is 9.15 Å². The Morgan fingerprint density at radius 3 is 2.85 bits per heavy atom. The highest BCUT2D eigenvalue weighted by molar-refractivity contribution is 6.00. The summed E-state index contributed by atoms with van der Waals surface area (Å²) in [5, 5.41) is 4.36. The van der Waals surface area contributed by atoms with Gasteiger partial charge in [-0.15, -0.1) is 0 Å². The number of carbonyl (C=O) groups is 2. The highest BCUT2D eigenvalue weighted by Crippen LogP contribution is 2.26. The normalized spacial score (nSPS) is 13.4. The number of benzene rings is 1. The Hall–Kier alpha value is -3.22. The molecule has 1 aromatic carbocycles. The topological polar surface area (TPSA) is 87.2 Å². The highest BCUT2D eigenvalue weighted by Gasteiger charge is 2.30. The van der Waals surface area contributed by atoms with Gasteiger partial charge in [0.25, 0.3) is 0 Å². The molecule has 0 atom stereocenters. The molecule has 1 aliphatic carbocycles.